The Labute approximate surface area is 190 Å². The number of nitrogens with zero attached hydrogens (tertiary/aromatic N) is 1. The van der Waals surface area contributed by atoms with E-state index in [9.17, 15) is 9.59 Å². The van der Waals surface area contributed by atoms with Crippen molar-refractivity contribution in [1.29, 1.82) is 0 Å². The highest BCUT2D eigenvalue weighted by molar-refractivity contribution is 6.33. The second-order valence-electron chi connectivity index (χ2n) is 7.01. The lowest BCUT2D eigenvalue weighted by Gasteiger charge is -2.14. The van der Waals surface area contributed by atoms with Crippen LogP contribution >= 0.6 is 11.6 Å². The average Bonchev–Trinajstić information content (AvgIpc) is 3.20. The summed E-state index contributed by atoms with van der Waals surface area (Å²) in [4.78, 5) is 28.7. The number of methoxy groups -OCH3 is 2. The van der Waals surface area contributed by atoms with Crippen molar-refractivity contribution in [3.8, 4) is 22.6 Å². The molecule has 2 N–H and O–H groups in total. The van der Waals surface area contributed by atoms with E-state index in [0.29, 0.717) is 39.1 Å². The molecule has 0 spiro atoms. The molecule has 0 bridgehead atoms. The molecule has 0 unspecified atom stereocenters. The van der Waals surface area contributed by atoms with Crippen molar-refractivity contribution < 1.29 is 23.5 Å². The van der Waals surface area contributed by atoms with Crippen molar-refractivity contribution in [3.63, 3.8) is 0 Å². The number of rotatable bonds is 8. The van der Waals surface area contributed by atoms with Gasteiger partial charge in [-0.05, 0) is 36.8 Å². The summed E-state index contributed by atoms with van der Waals surface area (Å²) in [5.41, 5.74) is 2.37. The van der Waals surface area contributed by atoms with Gasteiger partial charge in [0.25, 0.3) is 5.91 Å². The Morgan fingerprint density at radius 2 is 1.88 bits per heavy atom. The van der Waals surface area contributed by atoms with Crippen LogP contribution in [0.25, 0.3) is 22.6 Å². The van der Waals surface area contributed by atoms with Gasteiger partial charge in [0.2, 0.25) is 5.91 Å². The van der Waals surface area contributed by atoms with Gasteiger partial charge in [-0.2, -0.15) is 0 Å². The highest BCUT2D eigenvalue weighted by Gasteiger charge is 2.23. The summed E-state index contributed by atoms with van der Waals surface area (Å²) in [6.45, 7) is 3.41. The van der Waals surface area contributed by atoms with Gasteiger partial charge in [0.1, 0.15) is 17.3 Å². The van der Waals surface area contributed by atoms with Gasteiger partial charge >= 0.3 is 0 Å². The number of carbonyl (C=O) groups excluding carboxylic acids is 2. The minimum Gasteiger partial charge on any atom is -0.455 e. The van der Waals surface area contributed by atoms with E-state index in [1.807, 2.05) is 13.0 Å². The number of ether oxygens (including phenoxy) is 2. The molecule has 0 aliphatic heterocycles. The smallest absolute Gasteiger partial charge is 0.255 e. The number of pyridine rings is 1. The maximum Gasteiger partial charge on any atom is 0.255 e. The molecule has 3 aromatic rings. The van der Waals surface area contributed by atoms with Crippen LogP contribution in [0.1, 0.15) is 22.8 Å². The van der Waals surface area contributed by atoms with Gasteiger partial charge in [0.15, 0.2) is 6.29 Å². The van der Waals surface area contributed by atoms with Crippen molar-refractivity contribution in [1.82, 2.24) is 10.3 Å². The van der Waals surface area contributed by atoms with Crippen molar-refractivity contribution in [2.45, 2.75) is 20.1 Å². The van der Waals surface area contributed by atoms with E-state index in [2.05, 4.69) is 15.6 Å². The monoisotopic (exact) mass is 457 g/mol. The maximum atomic E-state index is 13.0. The number of benzene rings is 1. The Kier molecular flexibility index (Phi) is 7.63. The summed E-state index contributed by atoms with van der Waals surface area (Å²) < 4.78 is 16.4. The van der Waals surface area contributed by atoms with Gasteiger partial charge in [-0.3, -0.25) is 9.59 Å². The number of hydrogen-bond donors (Lipinski definition) is 2. The first kappa shape index (κ1) is 23.5. The largest absolute Gasteiger partial charge is 0.455 e. The molecule has 2 amide bonds. The molecule has 0 aliphatic rings. The topological polar surface area (TPSA) is 103 Å². The standard InChI is InChI=1S/C23H24ClN3O5/c1-13-11-25-20(27-14(2)28)10-16(13)19-9-17(23(29)26-12-21(30-3)31-4)22(32-19)15-7-5-6-8-18(15)24/h5-11,21H,12H2,1-4H3,(H,26,29)(H,25,27,28). The normalized spacial score (nSPS) is 10.9. The highest BCUT2D eigenvalue weighted by Crippen LogP contribution is 2.37. The lowest BCUT2D eigenvalue weighted by Crippen LogP contribution is -2.34. The molecule has 168 valence electrons. The van der Waals surface area contributed by atoms with E-state index in [4.69, 9.17) is 25.5 Å². The first-order chi connectivity index (χ1) is 15.3. The molecule has 0 saturated heterocycles. The zero-order valence-electron chi connectivity index (χ0n) is 18.2. The molecule has 1 aromatic carbocycles. The van der Waals surface area contributed by atoms with Crippen molar-refractivity contribution in [2.24, 2.45) is 0 Å². The minimum atomic E-state index is -0.586. The Balaban J connectivity index is 2.07. The number of aryl methyl sites for hydroxylation is 1. The van der Waals surface area contributed by atoms with Crippen LogP contribution in [0.4, 0.5) is 5.82 Å². The Morgan fingerprint density at radius 1 is 1.16 bits per heavy atom. The summed E-state index contributed by atoms with van der Waals surface area (Å²) in [7, 11) is 2.98. The summed E-state index contributed by atoms with van der Waals surface area (Å²) in [6, 6.07) is 10.4. The first-order valence-corrected chi connectivity index (χ1v) is 10.2. The van der Waals surface area contributed by atoms with E-state index in [-0.39, 0.29) is 18.4 Å². The number of carbonyl (C=O) groups is 2. The fourth-order valence-electron chi connectivity index (χ4n) is 3.11. The van der Waals surface area contributed by atoms with Gasteiger partial charge in [-0.1, -0.05) is 23.7 Å². The third kappa shape index (κ3) is 5.34. The van der Waals surface area contributed by atoms with E-state index >= 15 is 0 Å². The van der Waals surface area contributed by atoms with Crippen molar-refractivity contribution in [2.75, 3.05) is 26.1 Å². The molecular formula is C23H24ClN3O5. The Morgan fingerprint density at radius 3 is 2.53 bits per heavy atom. The molecule has 2 aromatic heterocycles. The second-order valence-corrected chi connectivity index (χ2v) is 7.42. The van der Waals surface area contributed by atoms with Crippen LogP contribution in [0.3, 0.4) is 0 Å². The number of amides is 2. The number of furan rings is 1. The number of anilines is 1. The van der Waals surface area contributed by atoms with E-state index in [1.54, 1.807) is 36.5 Å². The van der Waals surface area contributed by atoms with Crippen LogP contribution in [-0.2, 0) is 14.3 Å². The lowest BCUT2D eigenvalue weighted by molar-refractivity contribution is -0.114. The van der Waals surface area contributed by atoms with Crippen LogP contribution in [0, 0.1) is 6.92 Å². The van der Waals surface area contributed by atoms with Gasteiger partial charge in [0.05, 0.1) is 17.1 Å². The first-order valence-electron chi connectivity index (χ1n) is 9.81. The molecule has 0 saturated carbocycles. The Bertz CT molecular complexity index is 1120. The summed E-state index contributed by atoms with van der Waals surface area (Å²) in [6.07, 6.45) is 1.04. The molecule has 3 rings (SSSR count). The molecule has 0 radical (unpaired) electrons. The fourth-order valence-corrected chi connectivity index (χ4v) is 3.33. The predicted molar refractivity (Wildman–Crippen MR) is 122 cm³/mol. The summed E-state index contributed by atoms with van der Waals surface area (Å²) in [5.74, 6) is 0.526. The van der Waals surface area contributed by atoms with Crippen LogP contribution in [0.2, 0.25) is 5.02 Å². The molecule has 0 aliphatic carbocycles. The quantitative estimate of drug-likeness (QED) is 0.489. The van der Waals surface area contributed by atoms with Crippen LogP contribution in [-0.4, -0.2) is 43.9 Å². The van der Waals surface area contributed by atoms with E-state index in [0.717, 1.165) is 5.56 Å². The van der Waals surface area contributed by atoms with E-state index in [1.165, 1.54) is 21.1 Å². The van der Waals surface area contributed by atoms with Crippen LogP contribution < -0.4 is 10.6 Å². The van der Waals surface area contributed by atoms with E-state index < -0.39 is 6.29 Å². The maximum absolute atomic E-state index is 13.0. The Hall–Kier alpha value is -3.20. The van der Waals surface area contributed by atoms with Gasteiger partial charge in [-0.25, -0.2) is 4.98 Å². The van der Waals surface area contributed by atoms with Crippen LogP contribution in [0.15, 0.2) is 47.0 Å². The zero-order chi connectivity index (χ0) is 23.3. The minimum absolute atomic E-state index is 0.148. The molecule has 0 atom stereocenters. The lowest BCUT2D eigenvalue weighted by atomic mass is 10.1. The van der Waals surface area contributed by atoms with Gasteiger partial charge in [-0.15, -0.1) is 0 Å². The SMILES string of the molecule is COC(CNC(=O)c1cc(-c2cc(NC(C)=O)ncc2C)oc1-c1ccccc1Cl)OC. The van der Waals surface area contributed by atoms with Crippen molar-refractivity contribution in [3.05, 3.63) is 58.7 Å². The number of hydrogen-bond acceptors (Lipinski definition) is 6. The number of halogens is 1. The average molecular weight is 458 g/mol. The third-order valence-corrected chi connectivity index (χ3v) is 5.05. The third-order valence-electron chi connectivity index (χ3n) is 4.72. The highest BCUT2D eigenvalue weighted by atomic mass is 35.5. The summed E-state index contributed by atoms with van der Waals surface area (Å²) in [5, 5.41) is 5.88. The molecule has 32 heavy (non-hydrogen) atoms. The van der Waals surface area contributed by atoms with Gasteiger partial charge in [0, 0.05) is 38.5 Å². The molecule has 0 fully saturated rings. The molecule has 8 nitrogen and oxygen atoms in total. The van der Waals surface area contributed by atoms with Gasteiger partial charge < -0.3 is 24.5 Å². The number of nitrogens with one attached hydrogen (secondary N) is 2. The van der Waals surface area contributed by atoms with Crippen LogP contribution in [0.5, 0.6) is 0 Å². The molecule has 2 heterocycles. The molecular weight excluding hydrogens is 434 g/mol. The second kappa shape index (κ2) is 10.4. The molecule has 9 heteroatoms. The zero-order valence-corrected chi connectivity index (χ0v) is 18.9. The summed E-state index contributed by atoms with van der Waals surface area (Å²) >= 11 is 6.39. The van der Waals surface area contributed by atoms with Crippen molar-refractivity contribution >= 4 is 29.2 Å². The predicted octanol–water partition coefficient (Wildman–Crippen LogP) is 4.28. The number of aromatic nitrogens is 1. The fraction of sp³-hybridized carbons (Fsp3) is 0.261.